The minimum atomic E-state index is -5.98. The van der Waals surface area contributed by atoms with Crippen LogP contribution in [0.15, 0.2) is 4.99 Å². The third-order valence-electron chi connectivity index (χ3n) is 5.52. The van der Waals surface area contributed by atoms with Crippen LogP contribution in [0.3, 0.4) is 0 Å². The number of halogens is 5. The maximum Gasteiger partial charge on any atom is 0.479 e. The fraction of sp³-hybridized carbons (Fsp3) is 0.706. The maximum atomic E-state index is 12.6. The van der Waals surface area contributed by atoms with E-state index in [4.69, 9.17) is 42.6 Å². The third-order valence-corrected chi connectivity index (χ3v) is 13.8. The fourth-order valence-electron chi connectivity index (χ4n) is 3.43. The Balaban J connectivity index is 1.77. The first-order valence-corrected chi connectivity index (χ1v) is 18.6. The molecule has 0 saturated carbocycles. The number of rotatable bonds is 15. The molecule has 3 heterocycles. The number of hydrogen-bond donors (Lipinski definition) is 7. The second kappa shape index (κ2) is 14.2. The lowest BCUT2D eigenvalue weighted by atomic mass is 10.1. The molecule has 6 atom stereocenters. The van der Waals surface area contributed by atoms with Crippen LogP contribution in [0, 0.1) is 0 Å². The van der Waals surface area contributed by atoms with Gasteiger partial charge >= 0.3 is 39.0 Å². The van der Waals surface area contributed by atoms with Crippen LogP contribution in [-0.2, 0) is 27.4 Å². The molecule has 27 heteroatoms. The van der Waals surface area contributed by atoms with Gasteiger partial charge in [-0.15, -0.1) is 5.06 Å². The number of phosphoric ester groups is 1. The molecule has 0 spiro atoms. The van der Waals surface area contributed by atoms with Crippen LogP contribution < -0.4 is 10.1 Å². The number of thioether (sulfide) groups is 1. The zero-order valence-corrected chi connectivity index (χ0v) is 26.9. The minimum Gasteiger partial charge on any atom is -0.463 e. The number of aliphatic hydroxyl groups excluding tert-OH is 2. The summed E-state index contributed by atoms with van der Waals surface area (Å²) < 4.78 is 83.2. The van der Waals surface area contributed by atoms with Crippen LogP contribution in [0.25, 0.3) is 0 Å². The number of phosphoric acid groups is 1. The van der Waals surface area contributed by atoms with Gasteiger partial charge in [0, 0.05) is 18.5 Å². The molecule has 0 radical (unpaired) electrons. The number of aliphatic hydroxyl groups is 2. The number of anilines is 1. The lowest BCUT2D eigenvalue weighted by Crippen LogP contribution is -2.38. The molecule has 18 nitrogen and oxygen atoms in total. The summed E-state index contributed by atoms with van der Waals surface area (Å²) >= 11 is 11.9. The van der Waals surface area contributed by atoms with E-state index in [1.165, 1.54) is 18.0 Å². The van der Waals surface area contributed by atoms with Crippen LogP contribution in [0.2, 0.25) is 0 Å². The Bertz CT molecular complexity index is 1380. The van der Waals surface area contributed by atoms with Crippen molar-refractivity contribution in [2.75, 3.05) is 37.1 Å². The van der Waals surface area contributed by atoms with Crippen molar-refractivity contribution < 1.29 is 75.1 Å². The molecule has 44 heavy (non-hydrogen) atoms. The summed E-state index contributed by atoms with van der Waals surface area (Å²) in [6.07, 6.45) is -8.29. The molecule has 0 amide bonds. The van der Waals surface area contributed by atoms with Crippen LogP contribution in [0.4, 0.5) is 24.7 Å². The van der Waals surface area contributed by atoms with Gasteiger partial charge in [-0.2, -0.15) is 34.9 Å². The number of nitrogens with zero attached hydrogens (tertiary/aromatic N) is 4. The van der Waals surface area contributed by atoms with E-state index in [0.29, 0.717) is 12.3 Å². The Labute approximate surface area is 260 Å². The van der Waals surface area contributed by atoms with Gasteiger partial charge in [-0.05, 0) is 6.26 Å². The monoisotopic (exact) mass is 759 g/mol. The largest absolute Gasteiger partial charge is 0.479 e. The summed E-state index contributed by atoms with van der Waals surface area (Å²) in [5.41, 5.74) is 0.0729. The molecule has 7 N–H and O–H groups in total. The maximum absolute atomic E-state index is 12.6. The number of fused-ring (bicyclic) bond motifs is 1. The second-order valence-corrected chi connectivity index (χ2v) is 17.8. The van der Waals surface area contributed by atoms with Gasteiger partial charge in [0.15, 0.2) is 12.0 Å². The molecule has 0 aromatic carbocycles. The van der Waals surface area contributed by atoms with Crippen LogP contribution in [0.1, 0.15) is 18.2 Å². The summed E-state index contributed by atoms with van der Waals surface area (Å²) in [6, 6.07) is -1.69. The van der Waals surface area contributed by atoms with E-state index in [0.717, 1.165) is 5.06 Å². The summed E-state index contributed by atoms with van der Waals surface area (Å²) in [4.78, 5) is 55.4. The quantitative estimate of drug-likeness (QED) is 0.0768. The Morgan fingerprint density at radius 1 is 1.16 bits per heavy atom. The van der Waals surface area contributed by atoms with Crippen LogP contribution >= 0.6 is 58.0 Å². The highest BCUT2D eigenvalue weighted by Gasteiger charge is 2.62. The van der Waals surface area contributed by atoms with E-state index in [1.807, 2.05) is 6.26 Å². The van der Waals surface area contributed by atoms with Crippen LogP contribution in [-0.4, -0.2) is 111 Å². The normalized spacial score (nSPS) is 25.5. The zero-order valence-electron chi connectivity index (χ0n) is 21.9. The summed E-state index contributed by atoms with van der Waals surface area (Å²) in [5, 5.41) is 24.8. The fourth-order valence-corrected chi connectivity index (χ4v) is 7.97. The summed E-state index contributed by atoms with van der Waals surface area (Å²) in [6.45, 7) is -1.59. The highest BCUT2D eigenvalue weighted by Crippen LogP contribution is 2.79. The summed E-state index contributed by atoms with van der Waals surface area (Å²) in [5.74, 6) is 0.689. The predicted molar refractivity (Wildman–Crippen MR) is 148 cm³/mol. The standard InChI is InChI=1S/C17H25Cl2F3N5O13P3S/c1-44-5-3-23-13-11-10(25-15(26-13)37-4-2-16(20,21)22)8(6-24-11)27-14(29)12(28)9(39-27)7-38-43(35,36)40-42(33,34)17(18,19)41(30,31)32/h6,8-9,12,14,28-29H,2-5,7H2,1H3,(H,33,34)(H,35,36)(H,23,25,26)(H2,30,31,32)/t8-,9+,12+,14+/m0/s1. The first kappa shape index (κ1) is 37.8. The van der Waals surface area contributed by atoms with Gasteiger partial charge in [0.25, 0.3) is 0 Å². The van der Waals surface area contributed by atoms with E-state index >= 15 is 0 Å². The van der Waals surface area contributed by atoms with Crippen molar-refractivity contribution in [3.63, 3.8) is 0 Å². The Hall–Kier alpha value is -0.640. The van der Waals surface area contributed by atoms with E-state index in [2.05, 4.69) is 29.1 Å². The van der Waals surface area contributed by atoms with Crippen molar-refractivity contribution in [1.82, 2.24) is 15.0 Å². The minimum absolute atomic E-state index is 0.0307. The van der Waals surface area contributed by atoms with Crippen molar-refractivity contribution in [3.8, 4) is 6.01 Å². The molecule has 1 saturated heterocycles. The van der Waals surface area contributed by atoms with Crippen LogP contribution in [0.5, 0.6) is 6.01 Å². The second-order valence-electron chi connectivity index (χ2n) is 8.77. The number of aromatic nitrogens is 2. The zero-order chi connectivity index (χ0) is 33.3. The molecule has 3 rings (SSSR count). The SMILES string of the molecule is CSCCNc1nc(OCCC(F)(F)F)nc2c1N=C[C@@H]2N1O[C@H](COP(=O)(O)OP(=O)(O)C(Cl)(Cl)P(=O)(O)O)[C@@H](O)[C@H]1O. The smallest absolute Gasteiger partial charge is 0.463 e. The predicted octanol–water partition coefficient (Wildman–Crippen LogP) is 2.22. The number of aliphatic imine (C=N–C) groups is 1. The molecule has 2 unspecified atom stereocenters. The van der Waals surface area contributed by atoms with E-state index in [1.54, 1.807) is 0 Å². The van der Waals surface area contributed by atoms with E-state index < -0.39 is 83.1 Å². The van der Waals surface area contributed by atoms with Gasteiger partial charge in [-0.1, -0.05) is 23.2 Å². The molecule has 0 bridgehead atoms. The van der Waals surface area contributed by atoms with Gasteiger partial charge in [0.2, 0.25) is 0 Å². The number of hydroxylamine groups is 2. The average Bonchev–Trinajstić information content (AvgIpc) is 3.41. The number of alkyl halides is 5. The molecule has 252 valence electrons. The van der Waals surface area contributed by atoms with Gasteiger partial charge in [-0.25, -0.2) is 8.88 Å². The molecular formula is C17H25Cl2F3N5O13P3S. The lowest BCUT2D eigenvalue weighted by Gasteiger charge is -2.26. The molecule has 2 aliphatic heterocycles. The van der Waals surface area contributed by atoms with Crippen molar-refractivity contribution in [1.29, 1.82) is 0 Å². The van der Waals surface area contributed by atoms with Gasteiger partial charge in [0.05, 0.1) is 13.0 Å². The lowest BCUT2D eigenvalue weighted by molar-refractivity contribution is -0.217. The molecule has 1 fully saturated rings. The molecule has 1 aromatic rings. The highest BCUT2D eigenvalue weighted by molar-refractivity contribution is 7.98. The average molecular weight is 760 g/mol. The third kappa shape index (κ3) is 9.03. The topological polar surface area (TPSA) is 263 Å². The Morgan fingerprint density at radius 3 is 2.41 bits per heavy atom. The molecule has 1 aromatic heterocycles. The van der Waals surface area contributed by atoms with E-state index in [9.17, 15) is 46.9 Å². The summed E-state index contributed by atoms with van der Waals surface area (Å²) in [7, 11) is -17.5. The van der Waals surface area contributed by atoms with Crippen molar-refractivity contribution in [3.05, 3.63) is 5.69 Å². The number of hydrogen-bond acceptors (Lipinski definition) is 15. The van der Waals surface area contributed by atoms with E-state index in [-0.39, 0.29) is 17.2 Å². The first-order valence-electron chi connectivity index (χ1n) is 11.7. The molecule has 0 aliphatic carbocycles. The highest BCUT2D eigenvalue weighted by atomic mass is 35.5. The molecule has 2 aliphatic rings. The van der Waals surface area contributed by atoms with Gasteiger partial charge in [-0.3, -0.25) is 23.5 Å². The number of nitrogens with one attached hydrogen (secondary N) is 1. The Morgan fingerprint density at radius 2 is 1.82 bits per heavy atom. The van der Waals surface area contributed by atoms with Crippen molar-refractivity contribution >= 4 is 75.7 Å². The first-order chi connectivity index (χ1) is 20.1. The van der Waals surface area contributed by atoms with Crippen molar-refractivity contribution in [2.24, 2.45) is 4.99 Å². The Kier molecular flexibility index (Phi) is 12.2. The van der Waals surface area contributed by atoms with Gasteiger partial charge in [0.1, 0.15) is 36.2 Å². The molecular weight excluding hydrogens is 735 g/mol. The number of ether oxygens (including phenoxy) is 1. The van der Waals surface area contributed by atoms with Gasteiger partial charge < -0.3 is 39.8 Å². The van der Waals surface area contributed by atoms with Crippen molar-refractivity contribution in [2.45, 2.75) is 40.9 Å².